The number of nitrogens with zero attached hydrogens (tertiary/aromatic N) is 1. The van der Waals surface area contributed by atoms with Crippen LogP contribution in [-0.2, 0) is 32.7 Å². The molecular formula is C45H78NO8P. The second-order valence-electron chi connectivity index (χ2n) is 14.1. The van der Waals surface area contributed by atoms with E-state index in [0.717, 1.165) is 89.9 Å². The molecular weight excluding hydrogens is 713 g/mol. The lowest BCUT2D eigenvalue weighted by Gasteiger charge is -2.20. The average Bonchev–Trinajstić information content (AvgIpc) is 3.15. The summed E-state index contributed by atoms with van der Waals surface area (Å²) in [7, 11) is -0.741. The van der Waals surface area contributed by atoms with Gasteiger partial charge in [-0.15, -0.1) is 0 Å². The number of carbonyl (C=O) groups is 2. The Morgan fingerprint density at radius 3 is 1.55 bits per heavy atom. The minimum Gasteiger partial charge on any atom is -0.462 e. The third-order valence-electron chi connectivity index (χ3n) is 8.50. The monoisotopic (exact) mass is 792 g/mol. The number of unbranched alkanes of at least 4 members (excludes halogenated alkanes) is 12. The largest absolute Gasteiger partial charge is 0.472 e. The summed E-state index contributed by atoms with van der Waals surface area (Å²) < 4.78 is 33.4. The van der Waals surface area contributed by atoms with E-state index in [1.807, 2.05) is 19.0 Å². The zero-order chi connectivity index (χ0) is 40.5. The van der Waals surface area contributed by atoms with Crippen LogP contribution >= 0.6 is 7.82 Å². The minimum atomic E-state index is -4.37. The van der Waals surface area contributed by atoms with Crippen molar-refractivity contribution in [1.29, 1.82) is 0 Å². The molecule has 2 unspecified atom stereocenters. The van der Waals surface area contributed by atoms with E-state index >= 15 is 0 Å². The van der Waals surface area contributed by atoms with Crippen LogP contribution in [-0.4, -0.2) is 68.3 Å². The van der Waals surface area contributed by atoms with Crippen molar-refractivity contribution in [2.45, 2.75) is 161 Å². The number of phosphoric acid groups is 1. The normalized spacial score (nSPS) is 14.1. The number of hydrogen-bond donors (Lipinski definition) is 1. The van der Waals surface area contributed by atoms with Gasteiger partial charge in [0.05, 0.1) is 13.2 Å². The Morgan fingerprint density at radius 2 is 1.04 bits per heavy atom. The number of ether oxygens (including phenoxy) is 2. The first kappa shape index (κ1) is 52.5. The summed E-state index contributed by atoms with van der Waals surface area (Å²) in [5, 5.41) is 0. The predicted molar refractivity (Wildman–Crippen MR) is 229 cm³/mol. The fraction of sp³-hybridized carbons (Fsp3) is 0.689. The fourth-order valence-corrected chi connectivity index (χ4v) is 5.98. The number of esters is 2. The molecule has 0 aliphatic carbocycles. The fourth-order valence-electron chi connectivity index (χ4n) is 5.24. The van der Waals surface area contributed by atoms with Crippen molar-refractivity contribution >= 4 is 19.8 Å². The van der Waals surface area contributed by atoms with Crippen LogP contribution in [0.1, 0.15) is 155 Å². The molecule has 0 amide bonds. The molecule has 0 bridgehead atoms. The summed E-state index contributed by atoms with van der Waals surface area (Å²) in [6, 6.07) is 0. The summed E-state index contributed by atoms with van der Waals surface area (Å²) in [6.07, 6.45) is 46.6. The third kappa shape index (κ3) is 40.9. The van der Waals surface area contributed by atoms with Crippen molar-refractivity contribution in [2.24, 2.45) is 0 Å². The Hall–Kier alpha value is -2.55. The number of phosphoric ester groups is 1. The zero-order valence-corrected chi connectivity index (χ0v) is 36.0. The third-order valence-corrected chi connectivity index (χ3v) is 9.48. The molecule has 10 heteroatoms. The van der Waals surface area contributed by atoms with Crippen molar-refractivity contribution in [3.8, 4) is 0 Å². The standard InChI is InChI=1S/C45H78NO8P/c1-5-7-9-11-13-15-17-19-21-22-24-25-27-29-31-33-35-37-44(47)51-41-43(42-53-55(49,50)52-40-39-46(3)4)54-45(48)38-36-34-32-30-28-26-23-20-18-16-14-12-10-8-6-2/h8,10,13-16,19-21,23-25,43H,5-7,9,11-12,17-18,22,26-42H2,1-4H3,(H,49,50)/b10-8-,15-13-,16-14-,21-19-,23-20-,25-24-. The average molecular weight is 792 g/mol. The van der Waals surface area contributed by atoms with Gasteiger partial charge in [-0.25, -0.2) is 4.57 Å². The molecule has 0 rings (SSSR count). The molecule has 55 heavy (non-hydrogen) atoms. The number of allylic oxidation sites excluding steroid dienone is 12. The summed E-state index contributed by atoms with van der Waals surface area (Å²) in [5.41, 5.74) is 0. The Labute approximate surface area is 336 Å². The molecule has 0 radical (unpaired) electrons. The van der Waals surface area contributed by atoms with Gasteiger partial charge in [0.1, 0.15) is 6.61 Å². The predicted octanol–water partition coefficient (Wildman–Crippen LogP) is 12.1. The number of carbonyl (C=O) groups excluding carboxylic acids is 2. The Kier molecular flexibility index (Phi) is 37.8. The Balaban J connectivity index is 4.39. The van der Waals surface area contributed by atoms with Crippen LogP contribution in [0.2, 0.25) is 0 Å². The molecule has 316 valence electrons. The number of hydrogen-bond acceptors (Lipinski definition) is 8. The Bertz CT molecular complexity index is 1140. The second kappa shape index (κ2) is 39.7. The molecule has 0 aromatic carbocycles. The molecule has 0 fully saturated rings. The van der Waals surface area contributed by atoms with Crippen molar-refractivity contribution in [2.75, 3.05) is 40.5 Å². The molecule has 2 atom stereocenters. The van der Waals surface area contributed by atoms with Crippen molar-refractivity contribution in [1.82, 2.24) is 4.90 Å². The summed E-state index contributed by atoms with van der Waals surface area (Å²) >= 11 is 0. The highest BCUT2D eigenvalue weighted by Gasteiger charge is 2.26. The molecule has 0 saturated heterocycles. The van der Waals surface area contributed by atoms with Gasteiger partial charge in [0.15, 0.2) is 6.10 Å². The maximum atomic E-state index is 12.6. The van der Waals surface area contributed by atoms with Crippen LogP contribution in [0, 0.1) is 0 Å². The molecule has 0 heterocycles. The smallest absolute Gasteiger partial charge is 0.462 e. The lowest BCUT2D eigenvalue weighted by Crippen LogP contribution is -2.29. The van der Waals surface area contributed by atoms with Gasteiger partial charge in [-0.1, -0.05) is 132 Å². The topological polar surface area (TPSA) is 112 Å². The van der Waals surface area contributed by atoms with Gasteiger partial charge < -0.3 is 19.3 Å². The van der Waals surface area contributed by atoms with Crippen LogP contribution < -0.4 is 0 Å². The van der Waals surface area contributed by atoms with Crippen LogP contribution in [0.3, 0.4) is 0 Å². The van der Waals surface area contributed by atoms with E-state index in [9.17, 15) is 19.0 Å². The van der Waals surface area contributed by atoms with E-state index in [2.05, 4.69) is 86.8 Å². The number of likely N-dealkylation sites (N-methyl/N-ethyl adjacent to an activating group) is 1. The first-order valence-electron chi connectivity index (χ1n) is 21.2. The SMILES string of the molecule is CC/C=C\C/C=C\C/C=C\CCCCCCCC(=O)OC(COC(=O)CCCCCC/C=C\C/C=C\C/C=C\CCCCC)COP(=O)(O)OCCN(C)C. The van der Waals surface area contributed by atoms with Crippen LogP contribution in [0.25, 0.3) is 0 Å². The van der Waals surface area contributed by atoms with Crippen LogP contribution in [0.5, 0.6) is 0 Å². The summed E-state index contributed by atoms with van der Waals surface area (Å²) in [5.74, 6) is -0.855. The van der Waals surface area contributed by atoms with Gasteiger partial charge in [-0.2, -0.15) is 0 Å². The van der Waals surface area contributed by atoms with E-state index in [1.165, 1.54) is 25.7 Å². The quantitative estimate of drug-likeness (QED) is 0.0283. The molecule has 0 saturated carbocycles. The van der Waals surface area contributed by atoms with Crippen molar-refractivity contribution in [3.63, 3.8) is 0 Å². The zero-order valence-electron chi connectivity index (χ0n) is 35.1. The van der Waals surface area contributed by atoms with Gasteiger partial charge in [-0.05, 0) is 97.6 Å². The maximum absolute atomic E-state index is 12.6. The molecule has 9 nitrogen and oxygen atoms in total. The molecule has 0 aromatic heterocycles. The van der Waals surface area contributed by atoms with Crippen LogP contribution in [0.15, 0.2) is 72.9 Å². The van der Waals surface area contributed by atoms with Gasteiger partial charge in [-0.3, -0.25) is 18.6 Å². The highest BCUT2D eigenvalue weighted by atomic mass is 31.2. The van der Waals surface area contributed by atoms with Gasteiger partial charge in [0.2, 0.25) is 0 Å². The van der Waals surface area contributed by atoms with Gasteiger partial charge >= 0.3 is 19.8 Å². The van der Waals surface area contributed by atoms with Crippen LogP contribution in [0.4, 0.5) is 0 Å². The van der Waals surface area contributed by atoms with Crippen molar-refractivity contribution < 1.29 is 37.6 Å². The minimum absolute atomic E-state index is 0.00393. The molecule has 0 aliphatic heterocycles. The number of rotatable bonds is 38. The molecule has 0 aromatic rings. The van der Waals surface area contributed by atoms with E-state index in [0.29, 0.717) is 19.4 Å². The molecule has 1 N–H and O–H groups in total. The molecule has 0 aliphatic rings. The lowest BCUT2D eigenvalue weighted by molar-refractivity contribution is -0.161. The first-order chi connectivity index (χ1) is 26.7. The molecule has 0 spiro atoms. The van der Waals surface area contributed by atoms with Gasteiger partial charge in [0.25, 0.3) is 0 Å². The summed E-state index contributed by atoms with van der Waals surface area (Å²) in [6.45, 7) is 4.11. The van der Waals surface area contributed by atoms with Crippen molar-refractivity contribution in [3.05, 3.63) is 72.9 Å². The van der Waals surface area contributed by atoms with E-state index in [-0.39, 0.29) is 26.1 Å². The van der Waals surface area contributed by atoms with E-state index in [4.69, 9.17) is 18.5 Å². The first-order valence-corrected chi connectivity index (χ1v) is 22.7. The maximum Gasteiger partial charge on any atom is 0.472 e. The highest BCUT2D eigenvalue weighted by Crippen LogP contribution is 2.43. The van der Waals surface area contributed by atoms with E-state index < -0.39 is 32.5 Å². The van der Waals surface area contributed by atoms with E-state index in [1.54, 1.807) is 0 Å². The summed E-state index contributed by atoms with van der Waals surface area (Å²) in [4.78, 5) is 37.0. The van der Waals surface area contributed by atoms with Gasteiger partial charge in [0, 0.05) is 19.4 Å². The lowest BCUT2D eigenvalue weighted by atomic mass is 10.1. The Morgan fingerprint density at radius 1 is 0.582 bits per heavy atom. The second-order valence-corrected chi connectivity index (χ2v) is 15.6. The highest BCUT2D eigenvalue weighted by molar-refractivity contribution is 7.47.